The van der Waals surface area contributed by atoms with Crippen molar-refractivity contribution in [3.8, 4) is 0 Å². The van der Waals surface area contributed by atoms with Crippen molar-refractivity contribution in [3.63, 3.8) is 0 Å². The van der Waals surface area contributed by atoms with Gasteiger partial charge in [-0.2, -0.15) is 0 Å². The predicted molar refractivity (Wildman–Crippen MR) is 242 cm³/mol. The van der Waals surface area contributed by atoms with Gasteiger partial charge in [0.15, 0.2) is 37.9 Å². The molecule has 58 heavy (non-hydrogen) atoms. The van der Waals surface area contributed by atoms with Gasteiger partial charge in [0.05, 0.1) is 12.8 Å². The molecular weight excluding hydrogens is 757 g/mol. The molecule has 0 aliphatic carbocycles. The van der Waals surface area contributed by atoms with Gasteiger partial charge in [0.25, 0.3) is 0 Å². The lowest BCUT2D eigenvalue weighted by molar-refractivity contribution is -0.696. The topological polar surface area (TPSA) is 72.4 Å². The average molecular weight is 815 g/mol. The van der Waals surface area contributed by atoms with Crippen LogP contribution in [0.5, 0.6) is 0 Å². The first-order valence-corrected chi connectivity index (χ1v) is 24.0. The molecule has 4 aromatic rings. The number of rotatable bonds is 17. The fourth-order valence-corrected chi connectivity index (χ4v) is 10.7. The van der Waals surface area contributed by atoms with Crippen LogP contribution in [0.4, 0.5) is 11.4 Å². The summed E-state index contributed by atoms with van der Waals surface area (Å²) in [6.45, 7) is 7.40. The molecule has 4 aliphatic rings. The Morgan fingerprint density at radius 2 is 0.879 bits per heavy atom. The van der Waals surface area contributed by atoms with E-state index in [1.54, 1.807) is 21.6 Å². The second-order valence-electron chi connectivity index (χ2n) is 16.0. The molecule has 2 N–H and O–H groups in total. The fourth-order valence-electron chi connectivity index (χ4n) is 8.92. The summed E-state index contributed by atoms with van der Waals surface area (Å²) in [5, 5.41) is 6.08. The zero-order chi connectivity index (χ0) is 39.5. The van der Waals surface area contributed by atoms with Crippen LogP contribution in [-0.2, 0) is 48.4 Å². The van der Waals surface area contributed by atoms with E-state index in [1.165, 1.54) is 122 Å². The van der Waals surface area contributed by atoms with E-state index >= 15 is 0 Å². The Hall–Kier alpha value is -4.54. The quantitative estimate of drug-likeness (QED) is 0.0675. The van der Waals surface area contributed by atoms with Crippen LogP contribution in [0.2, 0.25) is 0 Å². The maximum absolute atomic E-state index is 12.5. The normalized spacial score (nSPS) is 15.7. The first-order chi connectivity index (χ1) is 28.5. The van der Waals surface area contributed by atoms with Crippen LogP contribution in [0, 0.1) is 0 Å². The van der Waals surface area contributed by atoms with Gasteiger partial charge in [-0.05, 0) is 120 Å². The summed E-state index contributed by atoms with van der Waals surface area (Å²) in [5.41, 5.74) is 14.0. The summed E-state index contributed by atoms with van der Waals surface area (Å²) >= 11 is 0. The van der Waals surface area contributed by atoms with Crippen LogP contribution < -0.4 is 29.6 Å². The molecule has 2 aromatic carbocycles. The van der Waals surface area contributed by atoms with Crippen molar-refractivity contribution in [2.45, 2.75) is 77.3 Å². The molecule has 0 bridgehead atoms. The Morgan fingerprint density at radius 1 is 0.534 bits per heavy atom. The van der Waals surface area contributed by atoms with Crippen molar-refractivity contribution in [2.75, 3.05) is 60.6 Å². The molecule has 4 aliphatic heterocycles. The third-order valence-electron chi connectivity index (χ3n) is 11.8. The SMILES string of the molecule is O=C(CC[n+]1ccc(/C=C/c2cc3c4c(c2)CCCN4CCC3)cc1)NCCSSCCNC(=O)CC[n+]1ccc(/C=C/c2cc3c4c(c2)CCCN4CCC3)cc1. The summed E-state index contributed by atoms with van der Waals surface area (Å²) in [6, 6.07) is 18.0. The van der Waals surface area contributed by atoms with Gasteiger partial charge in [-0.3, -0.25) is 9.59 Å². The van der Waals surface area contributed by atoms with Crippen LogP contribution in [0.3, 0.4) is 0 Å². The smallest absolute Gasteiger partial charge is 0.226 e. The van der Waals surface area contributed by atoms with E-state index < -0.39 is 0 Å². The molecule has 10 heteroatoms. The Balaban J connectivity index is 0.656. The highest BCUT2D eigenvalue weighted by molar-refractivity contribution is 8.76. The van der Waals surface area contributed by atoms with E-state index in [0.717, 1.165) is 22.6 Å². The molecule has 0 saturated carbocycles. The van der Waals surface area contributed by atoms with E-state index in [0.29, 0.717) is 39.0 Å². The first-order valence-electron chi connectivity index (χ1n) is 21.5. The van der Waals surface area contributed by atoms with Gasteiger partial charge in [0.1, 0.15) is 0 Å². The van der Waals surface area contributed by atoms with Crippen molar-refractivity contribution < 1.29 is 18.7 Å². The Kier molecular flexibility index (Phi) is 13.8. The summed E-state index contributed by atoms with van der Waals surface area (Å²) < 4.78 is 4.14. The van der Waals surface area contributed by atoms with Crippen molar-refractivity contribution in [3.05, 3.63) is 118 Å². The van der Waals surface area contributed by atoms with Gasteiger partial charge >= 0.3 is 0 Å². The second kappa shape index (κ2) is 19.9. The molecule has 302 valence electrons. The molecule has 8 nitrogen and oxygen atoms in total. The summed E-state index contributed by atoms with van der Waals surface area (Å²) in [5.74, 6) is 1.80. The number of carbonyl (C=O) groups is 2. The molecule has 0 atom stereocenters. The van der Waals surface area contributed by atoms with Gasteiger partial charge in [0, 0.05) is 86.4 Å². The number of amides is 2. The second-order valence-corrected chi connectivity index (χ2v) is 18.7. The van der Waals surface area contributed by atoms with Crippen molar-refractivity contribution in [1.29, 1.82) is 0 Å². The van der Waals surface area contributed by atoms with Crippen LogP contribution in [0.25, 0.3) is 24.3 Å². The van der Waals surface area contributed by atoms with Gasteiger partial charge in [0.2, 0.25) is 11.8 Å². The third-order valence-corrected chi connectivity index (χ3v) is 14.2. The number of pyridine rings is 2. The van der Waals surface area contributed by atoms with Crippen LogP contribution in [0.15, 0.2) is 73.3 Å². The summed E-state index contributed by atoms with van der Waals surface area (Å²) in [6.07, 6.45) is 27.7. The van der Waals surface area contributed by atoms with E-state index in [9.17, 15) is 9.59 Å². The largest absolute Gasteiger partial charge is 0.371 e. The van der Waals surface area contributed by atoms with E-state index in [2.05, 4.69) is 127 Å². The lowest BCUT2D eigenvalue weighted by Gasteiger charge is -2.37. The number of anilines is 2. The number of hydrogen-bond donors (Lipinski definition) is 2. The third kappa shape index (κ3) is 10.7. The maximum Gasteiger partial charge on any atom is 0.226 e. The molecule has 2 aromatic heterocycles. The number of hydrogen-bond acceptors (Lipinski definition) is 6. The number of benzene rings is 2. The lowest BCUT2D eigenvalue weighted by atomic mass is 9.90. The zero-order valence-corrected chi connectivity index (χ0v) is 35.4. The van der Waals surface area contributed by atoms with Crippen LogP contribution >= 0.6 is 21.6 Å². The Morgan fingerprint density at radius 3 is 1.24 bits per heavy atom. The van der Waals surface area contributed by atoms with Gasteiger partial charge in [-0.15, -0.1) is 0 Å². The minimum Gasteiger partial charge on any atom is -0.371 e. The molecule has 8 rings (SSSR count). The minimum absolute atomic E-state index is 0.0687. The average Bonchev–Trinajstić information content (AvgIpc) is 3.25. The molecular formula is C48H58N6O2S2+2. The molecule has 0 unspecified atom stereocenters. The highest BCUT2D eigenvalue weighted by Gasteiger charge is 2.25. The fraction of sp³-hybridized carbons (Fsp3) is 0.417. The van der Waals surface area contributed by atoms with Crippen molar-refractivity contribution in [2.24, 2.45) is 0 Å². The molecule has 6 heterocycles. The number of nitrogens with one attached hydrogen (secondary N) is 2. The van der Waals surface area contributed by atoms with Crippen LogP contribution in [-0.4, -0.2) is 62.6 Å². The van der Waals surface area contributed by atoms with Gasteiger partial charge in [-0.1, -0.05) is 45.9 Å². The molecule has 2 amide bonds. The van der Waals surface area contributed by atoms with E-state index in [4.69, 9.17) is 0 Å². The van der Waals surface area contributed by atoms with Crippen LogP contribution in [0.1, 0.15) is 83.0 Å². The predicted octanol–water partition coefficient (Wildman–Crippen LogP) is 7.09. The maximum atomic E-state index is 12.5. The Bertz CT molecular complexity index is 1900. The highest BCUT2D eigenvalue weighted by atomic mass is 33.1. The molecule has 0 saturated heterocycles. The summed E-state index contributed by atoms with van der Waals surface area (Å²) in [7, 11) is 3.45. The van der Waals surface area contributed by atoms with Gasteiger partial charge in [-0.25, -0.2) is 9.13 Å². The number of nitrogens with zero attached hydrogens (tertiary/aromatic N) is 4. The van der Waals surface area contributed by atoms with Gasteiger partial charge < -0.3 is 20.4 Å². The first kappa shape index (κ1) is 40.2. The van der Waals surface area contributed by atoms with Crippen molar-refractivity contribution in [1.82, 2.24) is 10.6 Å². The molecule has 0 fully saturated rings. The number of aromatic nitrogens is 2. The summed E-state index contributed by atoms with van der Waals surface area (Å²) in [4.78, 5) is 30.1. The Labute approximate surface area is 352 Å². The lowest BCUT2D eigenvalue weighted by Crippen LogP contribution is -2.36. The minimum atomic E-state index is 0.0687. The zero-order valence-electron chi connectivity index (χ0n) is 33.8. The molecule has 0 spiro atoms. The highest BCUT2D eigenvalue weighted by Crippen LogP contribution is 2.37. The monoisotopic (exact) mass is 814 g/mol. The number of aryl methyl sites for hydroxylation is 6. The van der Waals surface area contributed by atoms with E-state index in [1.807, 2.05) is 0 Å². The molecule has 0 radical (unpaired) electrons. The standard InChI is InChI=1S/C48H56N6O2S2/c55-45(17-29-51-25-13-37(14-26-51)9-11-39-33-41-5-1-21-53-22-2-6-42(34-39)47(41)53)49-19-31-57-58-32-20-50-46(56)18-30-52-27-15-38(16-28-52)10-12-40-35-43-7-3-23-54-24-4-8-44(36-40)48(43)54/h9-16,25-28,33-36H,1-8,17-24,29-32H2/p+2. The van der Waals surface area contributed by atoms with Crippen molar-refractivity contribution >= 4 is 69.1 Å². The number of carbonyl (C=O) groups excluding carboxylic acids is 2. The van der Waals surface area contributed by atoms with E-state index in [-0.39, 0.29) is 11.8 Å².